The summed E-state index contributed by atoms with van der Waals surface area (Å²) in [4.78, 5) is 15.9. The van der Waals surface area contributed by atoms with Crippen LogP contribution in [0, 0.1) is 0 Å². The average molecular weight is 263 g/mol. The molecule has 5 heteroatoms. The van der Waals surface area contributed by atoms with Crippen LogP contribution in [0.4, 0.5) is 10.6 Å². The minimum absolute atomic E-state index is 0.507. The molecule has 0 aliphatic heterocycles. The first-order valence-electron chi connectivity index (χ1n) is 6.14. The Hall–Kier alpha value is -2.04. The maximum atomic E-state index is 11.7. The number of anilines is 1. The van der Waals surface area contributed by atoms with E-state index in [2.05, 4.69) is 10.4 Å². The molecule has 0 aliphatic carbocycles. The minimum Gasteiger partial charge on any atom is -0.443 e. The molecule has 0 saturated heterocycles. The van der Waals surface area contributed by atoms with Crippen LogP contribution < -0.4 is 10.4 Å². The van der Waals surface area contributed by atoms with Gasteiger partial charge in [-0.05, 0) is 39.8 Å². The summed E-state index contributed by atoms with van der Waals surface area (Å²) in [5.41, 5.74) is 3.02. The molecule has 5 nitrogen and oxygen atoms in total. The number of rotatable bonds is 3. The monoisotopic (exact) mass is 263 g/mol. The van der Waals surface area contributed by atoms with Crippen LogP contribution in [0.15, 0.2) is 24.4 Å². The topological polar surface area (TPSA) is 54.5 Å². The molecule has 1 aromatic heterocycles. The summed E-state index contributed by atoms with van der Waals surface area (Å²) >= 11 is 0. The summed E-state index contributed by atoms with van der Waals surface area (Å²) in [6.07, 6.45) is 5.01. The van der Waals surface area contributed by atoms with Gasteiger partial charge in [0.25, 0.3) is 0 Å². The van der Waals surface area contributed by atoms with Crippen molar-refractivity contribution in [1.29, 1.82) is 0 Å². The standard InChI is InChI=1S/C14H21N3O2/c1-6-8-11-9-7-10-15-12(11)17(5)16-13(18)19-14(2,3)4/h6-10H,1-5H3,(H,16,18)/b8-6-. The third-order valence-electron chi connectivity index (χ3n) is 2.14. The molecule has 1 amide bonds. The molecule has 0 spiro atoms. The molecule has 0 atom stereocenters. The second-order valence-corrected chi connectivity index (χ2v) is 5.09. The smallest absolute Gasteiger partial charge is 0.426 e. The van der Waals surface area contributed by atoms with Gasteiger partial charge in [0.15, 0.2) is 5.82 Å². The molecule has 1 N–H and O–H groups in total. The Bertz CT molecular complexity index is 464. The Labute approximate surface area is 114 Å². The van der Waals surface area contributed by atoms with E-state index in [1.807, 2.05) is 52.0 Å². The number of pyridine rings is 1. The predicted molar refractivity (Wildman–Crippen MR) is 76.7 cm³/mol. The van der Waals surface area contributed by atoms with Crippen LogP contribution in [-0.2, 0) is 4.74 Å². The summed E-state index contributed by atoms with van der Waals surface area (Å²) in [7, 11) is 1.72. The lowest BCUT2D eigenvalue weighted by Crippen LogP contribution is -2.43. The Morgan fingerprint density at radius 1 is 1.47 bits per heavy atom. The number of nitrogens with zero attached hydrogens (tertiary/aromatic N) is 2. The highest BCUT2D eigenvalue weighted by atomic mass is 16.6. The second-order valence-electron chi connectivity index (χ2n) is 5.09. The Balaban J connectivity index is 2.78. The number of aromatic nitrogens is 1. The number of hydrazine groups is 1. The van der Waals surface area contributed by atoms with Crippen LogP contribution in [0.5, 0.6) is 0 Å². The van der Waals surface area contributed by atoms with Crippen molar-refractivity contribution in [3.63, 3.8) is 0 Å². The van der Waals surface area contributed by atoms with E-state index in [-0.39, 0.29) is 0 Å². The highest BCUT2D eigenvalue weighted by Gasteiger charge is 2.18. The molecular formula is C14H21N3O2. The van der Waals surface area contributed by atoms with Gasteiger partial charge in [0.1, 0.15) is 5.60 Å². The zero-order valence-corrected chi connectivity index (χ0v) is 12.1. The van der Waals surface area contributed by atoms with Crippen LogP contribution in [0.2, 0.25) is 0 Å². The zero-order valence-electron chi connectivity index (χ0n) is 12.1. The summed E-state index contributed by atoms with van der Waals surface area (Å²) in [6.45, 7) is 7.38. The van der Waals surface area contributed by atoms with Crippen LogP contribution in [0.1, 0.15) is 33.3 Å². The number of carbonyl (C=O) groups excluding carboxylic acids is 1. The summed E-state index contributed by atoms with van der Waals surface area (Å²) < 4.78 is 5.19. The van der Waals surface area contributed by atoms with E-state index in [9.17, 15) is 4.79 Å². The first-order valence-corrected chi connectivity index (χ1v) is 6.14. The van der Waals surface area contributed by atoms with Crippen LogP contribution in [0.3, 0.4) is 0 Å². The van der Waals surface area contributed by atoms with Crippen molar-refractivity contribution in [2.45, 2.75) is 33.3 Å². The van der Waals surface area contributed by atoms with Gasteiger partial charge in [-0.3, -0.25) is 5.01 Å². The number of ether oxygens (including phenoxy) is 1. The molecule has 0 saturated carbocycles. The van der Waals surface area contributed by atoms with Gasteiger partial charge in [-0.15, -0.1) is 0 Å². The maximum Gasteiger partial charge on any atom is 0.426 e. The quantitative estimate of drug-likeness (QED) is 0.852. The van der Waals surface area contributed by atoms with Crippen molar-refractivity contribution < 1.29 is 9.53 Å². The van der Waals surface area contributed by atoms with Crippen molar-refractivity contribution >= 4 is 18.0 Å². The summed E-state index contributed by atoms with van der Waals surface area (Å²) in [5, 5.41) is 1.55. The van der Waals surface area contributed by atoms with E-state index in [1.54, 1.807) is 18.3 Å². The van der Waals surface area contributed by atoms with Gasteiger partial charge in [0, 0.05) is 18.8 Å². The van der Waals surface area contributed by atoms with Crippen LogP contribution in [0.25, 0.3) is 6.08 Å². The largest absolute Gasteiger partial charge is 0.443 e. The lowest BCUT2D eigenvalue weighted by Gasteiger charge is -2.24. The maximum absolute atomic E-state index is 11.7. The van der Waals surface area contributed by atoms with Gasteiger partial charge in [-0.25, -0.2) is 15.2 Å². The molecule has 0 unspecified atom stereocenters. The molecular weight excluding hydrogens is 242 g/mol. The Kier molecular flexibility index (Phi) is 4.92. The molecule has 19 heavy (non-hydrogen) atoms. The molecule has 0 radical (unpaired) electrons. The molecule has 1 rings (SSSR count). The first kappa shape index (κ1) is 15.0. The number of carbonyl (C=O) groups is 1. The molecule has 104 valence electrons. The SMILES string of the molecule is C/C=C\c1cccnc1N(C)NC(=O)OC(C)(C)C. The van der Waals surface area contributed by atoms with Crippen molar-refractivity contribution in [2.75, 3.05) is 12.1 Å². The zero-order chi connectivity index (χ0) is 14.5. The van der Waals surface area contributed by atoms with Crippen LogP contribution >= 0.6 is 0 Å². The van der Waals surface area contributed by atoms with Crippen molar-refractivity contribution in [3.8, 4) is 0 Å². The average Bonchev–Trinajstić information content (AvgIpc) is 2.27. The minimum atomic E-state index is -0.527. The van der Waals surface area contributed by atoms with Crippen molar-refractivity contribution in [3.05, 3.63) is 30.0 Å². The van der Waals surface area contributed by atoms with E-state index in [0.717, 1.165) is 5.56 Å². The summed E-state index contributed by atoms with van der Waals surface area (Å²) in [5.74, 6) is 0.659. The fraction of sp³-hybridized carbons (Fsp3) is 0.429. The molecule has 1 heterocycles. The Morgan fingerprint density at radius 2 is 2.16 bits per heavy atom. The first-order chi connectivity index (χ1) is 8.83. The van der Waals surface area contributed by atoms with Gasteiger partial charge < -0.3 is 4.74 Å². The van der Waals surface area contributed by atoms with E-state index in [0.29, 0.717) is 5.82 Å². The van der Waals surface area contributed by atoms with Gasteiger partial charge in [-0.2, -0.15) is 0 Å². The van der Waals surface area contributed by atoms with E-state index in [1.165, 1.54) is 0 Å². The highest BCUT2D eigenvalue weighted by Crippen LogP contribution is 2.16. The van der Waals surface area contributed by atoms with Crippen molar-refractivity contribution in [2.24, 2.45) is 0 Å². The fourth-order valence-corrected chi connectivity index (χ4v) is 1.49. The molecule has 1 aromatic rings. The number of hydrogen-bond donors (Lipinski definition) is 1. The highest BCUT2D eigenvalue weighted by molar-refractivity contribution is 5.72. The van der Waals surface area contributed by atoms with Gasteiger partial charge in [0.05, 0.1) is 0 Å². The molecule has 0 aromatic carbocycles. The lowest BCUT2D eigenvalue weighted by atomic mass is 10.2. The molecule has 0 aliphatic rings. The number of amides is 1. The third-order valence-corrected chi connectivity index (χ3v) is 2.14. The second kappa shape index (κ2) is 6.22. The Morgan fingerprint density at radius 3 is 2.74 bits per heavy atom. The fourth-order valence-electron chi connectivity index (χ4n) is 1.49. The third kappa shape index (κ3) is 4.99. The predicted octanol–water partition coefficient (Wildman–Crippen LogP) is 2.99. The van der Waals surface area contributed by atoms with E-state index < -0.39 is 11.7 Å². The van der Waals surface area contributed by atoms with Gasteiger partial charge in [0.2, 0.25) is 0 Å². The van der Waals surface area contributed by atoms with E-state index in [4.69, 9.17) is 4.74 Å². The van der Waals surface area contributed by atoms with Gasteiger partial charge >= 0.3 is 6.09 Å². The number of hydrogen-bond acceptors (Lipinski definition) is 4. The number of allylic oxidation sites excluding steroid dienone is 1. The lowest BCUT2D eigenvalue weighted by molar-refractivity contribution is 0.0524. The normalized spacial score (nSPS) is 11.4. The number of nitrogens with one attached hydrogen (secondary N) is 1. The van der Waals surface area contributed by atoms with Crippen LogP contribution in [-0.4, -0.2) is 23.7 Å². The molecule has 0 fully saturated rings. The molecule has 0 bridgehead atoms. The van der Waals surface area contributed by atoms with Crippen molar-refractivity contribution in [1.82, 2.24) is 10.4 Å². The van der Waals surface area contributed by atoms with Gasteiger partial charge in [-0.1, -0.05) is 12.2 Å². The summed E-state index contributed by atoms with van der Waals surface area (Å²) in [6, 6.07) is 3.77. The van der Waals surface area contributed by atoms with E-state index >= 15 is 0 Å².